The molecule has 0 saturated heterocycles. The van der Waals surface area contributed by atoms with Gasteiger partial charge >= 0.3 is 5.97 Å². The third kappa shape index (κ3) is 2.50. The molecule has 0 amide bonds. The van der Waals surface area contributed by atoms with Crippen molar-refractivity contribution >= 4 is 5.97 Å². The van der Waals surface area contributed by atoms with Crippen molar-refractivity contribution < 1.29 is 9.53 Å². The van der Waals surface area contributed by atoms with Crippen LogP contribution in [-0.4, -0.2) is 15.9 Å². The maximum absolute atomic E-state index is 10.7. The summed E-state index contributed by atoms with van der Waals surface area (Å²) in [5.74, 6) is -0.308. The van der Waals surface area contributed by atoms with Gasteiger partial charge in [0.25, 0.3) is 0 Å². The Bertz CT molecular complexity index is 312. The molecule has 0 saturated carbocycles. The number of hydrogen-bond donors (Lipinski definition) is 0. The minimum Gasteiger partial charge on any atom is -0.456 e. The number of aryl methyl sites for hydroxylation is 1. The molecule has 13 heavy (non-hydrogen) atoms. The normalized spacial score (nSPS) is 12.2. The summed E-state index contributed by atoms with van der Waals surface area (Å²) < 4.78 is 4.98. The van der Waals surface area contributed by atoms with Gasteiger partial charge in [-0.1, -0.05) is 0 Å². The van der Waals surface area contributed by atoms with E-state index in [1.807, 2.05) is 6.92 Å². The van der Waals surface area contributed by atoms with E-state index >= 15 is 0 Å². The second-order valence-electron chi connectivity index (χ2n) is 2.78. The standard InChI is InChI=1S/C9H12N2O2/c1-6-9(11-5-4-10-6)7(2)13-8(3)12/h4-5,7H,1-3H3. The lowest BCUT2D eigenvalue weighted by atomic mass is 10.2. The molecule has 1 rings (SSSR count). The Hall–Kier alpha value is -1.45. The van der Waals surface area contributed by atoms with Crippen molar-refractivity contribution in [1.29, 1.82) is 0 Å². The van der Waals surface area contributed by atoms with Gasteiger partial charge in [-0.25, -0.2) is 0 Å². The molecule has 70 valence electrons. The predicted octanol–water partition coefficient (Wildman–Crippen LogP) is 1.41. The fraction of sp³-hybridized carbons (Fsp3) is 0.444. The number of nitrogens with zero attached hydrogens (tertiary/aromatic N) is 2. The third-order valence-electron chi connectivity index (χ3n) is 1.65. The highest BCUT2D eigenvalue weighted by Gasteiger charge is 2.12. The van der Waals surface area contributed by atoms with Gasteiger partial charge in [0.1, 0.15) is 11.8 Å². The highest BCUT2D eigenvalue weighted by atomic mass is 16.5. The highest BCUT2D eigenvalue weighted by Crippen LogP contribution is 2.15. The Balaban J connectivity index is 2.82. The fourth-order valence-corrected chi connectivity index (χ4v) is 1.12. The van der Waals surface area contributed by atoms with E-state index < -0.39 is 0 Å². The van der Waals surface area contributed by atoms with Crippen molar-refractivity contribution in [2.75, 3.05) is 0 Å². The first-order chi connectivity index (χ1) is 6.11. The maximum atomic E-state index is 10.7. The minimum atomic E-state index is -0.328. The Morgan fingerprint density at radius 2 is 2.08 bits per heavy atom. The summed E-state index contributed by atoms with van der Waals surface area (Å²) >= 11 is 0. The minimum absolute atomic E-state index is 0.308. The Morgan fingerprint density at radius 1 is 1.46 bits per heavy atom. The van der Waals surface area contributed by atoms with Gasteiger partial charge < -0.3 is 4.74 Å². The van der Waals surface area contributed by atoms with Crippen molar-refractivity contribution in [2.45, 2.75) is 26.9 Å². The molecule has 1 aromatic heterocycles. The first-order valence-electron chi connectivity index (χ1n) is 4.06. The molecule has 1 atom stereocenters. The second kappa shape index (κ2) is 3.98. The molecule has 4 heteroatoms. The molecule has 0 fully saturated rings. The summed E-state index contributed by atoms with van der Waals surface area (Å²) in [6.45, 7) is 4.99. The van der Waals surface area contributed by atoms with Crippen LogP contribution < -0.4 is 0 Å². The number of ether oxygens (including phenoxy) is 1. The van der Waals surface area contributed by atoms with Crippen LogP contribution in [-0.2, 0) is 9.53 Å². The highest BCUT2D eigenvalue weighted by molar-refractivity contribution is 5.66. The Kier molecular flexibility index (Phi) is 2.95. The number of hydrogen-bond acceptors (Lipinski definition) is 4. The lowest BCUT2D eigenvalue weighted by Gasteiger charge is -2.11. The number of carbonyl (C=O) groups is 1. The maximum Gasteiger partial charge on any atom is 0.303 e. The van der Waals surface area contributed by atoms with Crippen LogP contribution in [0.15, 0.2) is 12.4 Å². The summed E-state index contributed by atoms with van der Waals surface area (Å²) in [5.41, 5.74) is 1.49. The summed E-state index contributed by atoms with van der Waals surface area (Å²) in [7, 11) is 0. The summed E-state index contributed by atoms with van der Waals surface area (Å²) in [6.07, 6.45) is 2.87. The molecule has 0 aromatic carbocycles. The van der Waals surface area contributed by atoms with Crippen LogP contribution in [0.2, 0.25) is 0 Å². The lowest BCUT2D eigenvalue weighted by Crippen LogP contribution is -2.08. The molecule has 0 spiro atoms. The van der Waals surface area contributed by atoms with Gasteiger partial charge in [-0.15, -0.1) is 0 Å². The fourth-order valence-electron chi connectivity index (χ4n) is 1.12. The molecule has 1 aromatic rings. The van der Waals surface area contributed by atoms with Crippen LogP contribution >= 0.6 is 0 Å². The van der Waals surface area contributed by atoms with Gasteiger partial charge in [-0.2, -0.15) is 0 Å². The SMILES string of the molecule is CC(=O)OC(C)c1nccnc1C. The molecule has 0 radical (unpaired) electrons. The van der Waals surface area contributed by atoms with E-state index in [0.29, 0.717) is 5.69 Å². The number of carbonyl (C=O) groups excluding carboxylic acids is 1. The van der Waals surface area contributed by atoms with Crippen molar-refractivity contribution in [2.24, 2.45) is 0 Å². The summed E-state index contributed by atoms with van der Waals surface area (Å²) in [6, 6.07) is 0. The largest absolute Gasteiger partial charge is 0.456 e. The van der Waals surface area contributed by atoms with Gasteiger partial charge in [0.05, 0.1) is 5.69 Å². The van der Waals surface area contributed by atoms with Gasteiger partial charge in [-0.3, -0.25) is 14.8 Å². The van der Waals surface area contributed by atoms with E-state index in [0.717, 1.165) is 5.69 Å². The van der Waals surface area contributed by atoms with E-state index in [1.54, 1.807) is 19.3 Å². The van der Waals surface area contributed by atoms with Crippen molar-refractivity contribution in [3.63, 3.8) is 0 Å². The molecule has 1 heterocycles. The number of rotatable bonds is 2. The third-order valence-corrected chi connectivity index (χ3v) is 1.65. The van der Waals surface area contributed by atoms with Crippen LogP contribution in [0.1, 0.15) is 31.3 Å². The van der Waals surface area contributed by atoms with Crippen LogP contribution in [0.3, 0.4) is 0 Å². The monoisotopic (exact) mass is 180 g/mol. The van der Waals surface area contributed by atoms with Crippen LogP contribution in [0.25, 0.3) is 0 Å². The smallest absolute Gasteiger partial charge is 0.303 e. The molecule has 1 unspecified atom stereocenters. The van der Waals surface area contributed by atoms with Gasteiger partial charge in [0.2, 0.25) is 0 Å². The van der Waals surface area contributed by atoms with Crippen LogP contribution in [0.4, 0.5) is 0 Å². The number of esters is 1. The van der Waals surface area contributed by atoms with E-state index in [2.05, 4.69) is 9.97 Å². The Morgan fingerprint density at radius 3 is 2.62 bits per heavy atom. The quantitative estimate of drug-likeness (QED) is 0.646. The molecule has 0 bridgehead atoms. The van der Waals surface area contributed by atoms with Crippen LogP contribution in [0, 0.1) is 6.92 Å². The second-order valence-corrected chi connectivity index (χ2v) is 2.78. The molecule has 0 N–H and O–H groups in total. The van der Waals surface area contributed by atoms with Crippen molar-refractivity contribution in [3.05, 3.63) is 23.8 Å². The molecule has 0 aliphatic carbocycles. The average Bonchev–Trinajstić information content (AvgIpc) is 2.03. The van der Waals surface area contributed by atoms with Gasteiger partial charge in [0, 0.05) is 19.3 Å². The molecular weight excluding hydrogens is 168 g/mol. The van der Waals surface area contributed by atoms with Crippen molar-refractivity contribution in [1.82, 2.24) is 9.97 Å². The molecule has 0 aliphatic rings. The zero-order valence-electron chi connectivity index (χ0n) is 7.94. The summed E-state index contributed by atoms with van der Waals surface area (Å²) in [4.78, 5) is 18.8. The van der Waals surface area contributed by atoms with Crippen molar-refractivity contribution in [3.8, 4) is 0 Å². The van der Waals surface area contributed by atoms with E-state index in [4.69, 9.17) is 4.74 Å². The first kappa shape index (κ1) is 9.64. The zero-order valence-corrected chi connectivity index (χ0v) is 7.94. The number of aromatic nitrogens is 2. The molecule has 4 nitrogen and oxygen atoms in total. The summed E-state index contributed by atoms with van der Waals surface area (Å²) in [5, 5.41) is 0. The molecule has 0 aliphatic heterocycles. The van der Waals surface area contributed by atoms with Gasteiger partial charge in [-0.05, 0) is 13.8 Å². The Labute approximate surface area is 77.0 Å². The average molecular weight is 180 g/mol. The molecular formula is C9H12N2O2. The zero-order chi connectivity index (χ0) is 9.84. The first-order valence-corrected chi connectivity index (χ1v) is 4.06. The van der Waals surface area contributed by atoms with E-state index in [-0.39, 0.29) is 12.1 Å². The van der Waals surface area contributed by atoms with E-state index in [1.165, 1.54) is 6.92 Å². The lowest BCUT2D eigenvalue weighted by molar-refractivity contribution is -0.146. The topological polar surface area (TPSA) is 52.1 Å². The van der Waals surface area contributed by atoms with Crippen LogP contribution in [0.5, 0.6) is 0 Å². The predicted molar refractivity (Wildman–Crippen MR) is 47.0 cm³/mol. The van der Waals surface area contributed by atoms with Gasteiger partial charge in [0.15, 0.2) is 0 Å². The van der Waals surface area contributed by atoms with E-state index in [9.17, 15) is 4.79 Å².